The first-order valence-electron chi connectivity index (χ1n) is 10.6. The van der Waals surface area contributed by atoms with Gasteiger partial charge in [0.2, 0.25) is 5.91 Å². The van der Waals surface area contributed by atoms with E-state index in [1.54, 1.807) is 0 Å². The van der Waals surface area contributed by atoms with Gasteiger partial charge in [-0.3, -0.25) is 9.59 Å². The maximum atomic E-state index is 13.3. The number of rotatable bonds is 5. The number of para-hydroxylation sites is 1. The van der Waals surface area contributed by atoms with Crippen molar-refractivity contribution in [3.05, 3.63) is 45.7 Å². The minimum Gasteiger partial charge on any atom is -0.376 e. The summed E-state index contributed by atoms with van der Waals surface area (Å²) >= 11 is 0. The summed E-state index contributed by atoms with van der Waals surface area (Å²) in [4.78, 5) is 30.9. The van der Waals surface area contributed by atoms with Gasteiger partial charge >= 0.3 is 0 Å². The quantitative estimate of drug-likeness (QED) is 0.852. The van der Waals surface area contributed by atoms with Gasteiger partial charge < -0.3 is 14.6 Å². The van der Waals surface area contributed by atoms with Crippen molar-refractivity contribution in [2.24, 2.45) is 5.92 Å². The largest absolute Gasteiger partial charge is 0.376 e. The molecule has 4 rings (SSSR count). The minimum absolute atomic E-state index is 0.0920. The number of carbonyl (C=O) groups is 1. The van der Waals surface area contributed by atoms with E-state index in [0.29, 0.717) is 18.7 Å². The van der Waals surface area contributed by atoms with Crippen molar-refractivity contribution in [2.75, 3.05) is 13.2 Å². The number of ether oxygens (including phenoxy) is 1. The normalized spacial score (nSPS) is 20.5. The van der Waals surface area contributed by atoms with Crippen LogP contribution in [0, 0.1) is 12.8 Å². The molecule has 1 aromatic carbocycles. The fourth-order valence-corrected chi connectivity index (χ4v) is 4.63. The zero-order chi connectivity index (χ0) is 19.5. The Labute approximate surface area is 166 Å². The maximum absolute atomic E-state index is 13.3. The highest BCUT2D eigenvalue weighted by molar-refractivity contribution is 5.82. The Bertz CT molecular complexity index is 892. The number of aromatic nitrogens is 1. The third kappa shape index (κ3) is 4.14. The molecule has 2 aliphatic rings. The first-order valence-corrected chi connectivity index (χ1v) is 10.6. The molecule has 1 atom stereocenters. The van der Waals surface area contributed by atoms with Gasteiger partial charge in [-0.15, -0.1) is 0 Å². The molecule has 150 valence electrons. The summed E-state index contributed by atoms with van der Waals surface area (Å²) in [6.07, 6.45) is 7.53. The molecule has 0 bridgehead atoms. The van der Waals surface area contributed by atoms with E-state index in [2.05, 4.69) is 4.98 Å². The molecule has 0 radical (unpaired) electrons. The van der Waals surface area contributed by atoms with Crippen LogP contribution in [0.4, 0.5) is 0 Å². The molecule has 1 unspecified atom stereocenters. The molecular weight excluding hydrogens is 352 g/mol. The number of nitrogens with zero attached hydrogens (tertiary/aromatic N) is 1. The van der Waals surface area contributed by atoms with Crippen LogP contribution in [-0.2, 0) is 16.1 Å². The highest BCUT2D eigenvalue weighted by Gasteiger charge is 2.29. The molecule has 1 aliphatic carbocycles. The smallest absolute Gasteiger partial charge is 0.253 e. The molecule has 1 amide bonds. The number of amides is 1. The van der Waals surface area contributed by atoms with Gasteiger partial charge in [-0.05, 0) is 49.6 Å². The first kappa shape index (κ1) is 19.2. The van der Waals surface area contributed by atoms with Crippen molar-refractivity contribution >= 4 is 16.8 Å². The van der Waals surface area contributed by atoms with E-state index in [4.69, 9.17) is 4.74 Å². The monoisotopic (exact) mass is 382 g/mol. The number of benzene rings is 1. The lowest BCUT2D eigenvalue weighted by Gasteiger charge is -2.31. The van der Waals surface area contributed by atoms with Crippen LogP contribution in [0.1, 0.15) is 56.1 Å². The van der Waals surface area contributed by atoms with Crippen molar-refractivity contribution in [1.82, 2.24) is 9.88 Å². The molecule has 28 heavy (non-hydrogen) atoms. The van der Waals surface area contributed by atoms with Crippen molar-refractivity contribution in [3.8, 4) is 0 Å². The molecule has 5 heteroatoms. The Morgan fingerprint density at radius 2 is 2.00 bits per heavy atom. The van der Waals surface area contributed by atoms with Crippen LogP contribution in [0.25, 0.3) is 10.9 Å². The average molecular weight is 383 g/mol. The molecule has 1 aromatic heterocycles. The van der Waals surface area contributed by atoms with Crippen molar-refractivity contribution in [2.45, 2.75) is 64.5 Å². The summed E-state index contributed by atoms with van der Waals surface area (Å²) in [7, 11) is 0. The van der Waals surface area contributed by atoms with E-state index in [1.807, 2.05) is 36.1 Å². The van der Waals surface area contributed by atoms with Gasteiger partial charge in [-0.1, -0.05) is 37.5 Å². The van der Waals surface area contributed by atoms with Gasteiger partial charge in [0.05, 0.1) is 18.2 Å². The number of nitrogens with one attached hydrogen (secondary N) is 1. The second kappa shape index (κ2) is 8.48. The predicted molar refractivity (Wildman–Crippen MR) is 110 cm³/mol. The van der Waals surface area contributed by atoms with Crippen LogP contribution in [0.5, 0.6) is 0 Å². The SMILES string of the molecule is Cc1cccc2cc(CN(CC3CCCO3)C(=O)C3CCCCC3)c(=O)[nH]c12. The molecule has 0 spiro atoms. The topological polar surface area (TPSA) is 62.4 Å². The van der Waals surface area contributed by atoms with Crippen LogP contribution in [0.2, 0.25) is 0 Å². The van der Waals surface area contributed by atoms with Gasteiger partial charge in [-0.25, -0.2) is 0 Å². The Kier molecular flexibility index (Phi) is 5.81. The van der Waals surface area contributed by atoms with Gasteiger partial charge in [0.25, 0.3) is 5.56 Å². The molecule has 1 N–H and O–H groups in total. The second-order valence-corrected chi connectivity index (χ2v) is 8.35. The zero-order valence-corrected chi connectivity index (χ0v) is 16.7. The molecule has 1 saturated heterocycles. The number of H-pyrrole nitrogens is 1. The van der Waals surface area contributed by atoms with Crippen LogP contribution in [0.3, 0.4) is 0 Å². The van der Waals surface area contributed by atoms with E-state index in [0.717, 1.165) is 61.6 Å². The summed E-state index contributed by atoms with van der Waals surface area (Å²) in [6.45, 7) is 3.70. The summed E-state index contributed by atoms with van der Waals surface area (Å²) < 4.78 is 5.80. The fourth-order valence-electron chi connectivity index (χ4n) is 4.63. The summed E-state index contributed by atoms with van der Waals surface area (Å²) in [5, 5.41) is 1.01. The third-order valence-electron chi connectivity index (χ3n) is 6.24. The standard InChI is InChI=1S/C23H30N2O3/c1-16-7-5-10-18-13-19(22(26)24-21(16)18)14-25(15-20-11-6-12-28-20)23(27)17-8-3-2-4-9-17/h5,7,10,13,17,20H,2-4,6,8-9,11-12,14-15H2,1H3,(H,24,26). The van der Waals surface area contributed by atoms with Gasteiger partial charge in [-0.2, -0.15) is 0 Å². The first-order chi connectivity index (χ1) is 13.6. The highest BCUT2D eigenvalue weighted by atomic mass is 16.5. The van der Waals surface area contributed by atoms with E-state index >= 15 is 0 Å². The van der Waals surface area contributed by atoms with E-state index in [-0.39, 0.29) is 23.5 Å². The number of hydrogen-bond donors (Lipinski definition) is 1. The lowest BCUT2D eigenvalue weighted by molar-refractivity contribution is -0.138. The second-order valence-electron chi connectivity index (χ2n) is 8.35. The molecule has 2 heterocycles. The minimum atomic E-state index is -0.101. The van der Waals surface area contributed by atoms with Gasteiger partial charge in [0.15, 0.2) is 0 Å². The van der Waals surface area contributed by atoms with E-state index in [1.165, 1.54) is 6.42 Å². The van der Waals surface area contributed by atoms with E-state index < -0.39 is 0 Å². The molecule has 5 nitrogen and oxygen atoms in total. The molecule has 1 saturated carbocycles. The number of aryl methyl sites for hydroxylation is 1. The molecule has 2 aromatic rings. The molecule has 1 aliphatic heterocycles. The molecular formula is C23H30N2O3. The maximum Gasteiger partial charge on any atom is 0.253 e. The summed E-state index contributed by atoms with van der Waals surface area (Å²) in [5.74, 6) is 0.288. The van der Waals surface area contributed by atoms with Crippen LogP contribution >= 0.6 is 0 Å². The average Bonchev–Trinajstić information content (AvgIpc) is 3.22. The van der Waals surface area contributed by atoms with Gasteiger partial charge in [0, 0.05) is 24.6 Å². The summed E-state index contributed by atoms with van der Waals surface area (Å²) in [5.41, 5.74) is 2.48. The lowest BCUT2D eigenvalue weighted by atomic mass is 9.88. The Morgan fingerprint density at radius 1 is 1.18 bits per heavy atom. The number of hydrogen-bond acceptors (Lipinski definition) is 3. The van der Waals surface area contributed by atoms with Crippen LogP contribution in [0.15, 0.2) is 29.1 Å². The van der Waals surface area contributed by atoms with Crippen molar-refractivity contribution < 1.29 is 9.53 Å². The number of fused-ring (bicyclic) bond motifs is 1. The predicted octanol–water partition coefficient (Wildman–Crippen LogP) is 3.92. The number of carbonyl (C=O) groups excluding carboxylic acids is 1. The third-order valence-corrected chi connectivity index (χ3v) is 6.24. The molecule has 2 fully saturated rings. The lowest BCUT2D eigenvalue weighted by Crippen LogP contribution is -2.42. The van der Waals surface area contributed by atoms with Crippen molar-refractivity contribution in [3.63, 3.8) is 0 Å². The Hall–Kier alpha value is -2.14. The van der Waals surface area contributed by atoms with E-state index in [9.17, 15) is 9.59 Å². The number of aromatic amines is 1. The zero-order valence-electron chi connectivity index (χ0n) is 16.7. The summed E-state index contributed by atoms with van der Waals surface area (Å²) in [6, 6.07) is 7.94. The van der Waals surface area contributed by atoms with Gasteiger partial charge in [0.1, 0.15) is 0 Å². The fraction of sp³-hybridized carbons (Fsp3) is 0.565. The van der Waals surface area contributed by atoms with Crippen LogP contribution in [-0.4, -0.2) is 35.0 Å². The van der Waals surface area contributed by atoms with Crippen molar-refractivity contribution in [1.29, 1.82) is 0 Å². The highest BCUT2D eigenvalue weighted by Crippen LogP contribution is 2.27. The Morgan fingerprint density at radius 3 is 2.75 bits per heavy atom. The van der Waals surface area contributed by atoms with Crippen LogP contribution < -0.4 is 5.56 Å². The number of pyridine rings is 1. The Balaban J connectivity index is 1.60.